The SMILES string of the molecule is O=C(NCC(=O)N1CC[C@@H](Oc2ccncc2Cl)C1)OCc1ccccc1. The fourth-order valence-electron chi connectivity index (χ4n) is 2.72. The summed E-state index contributed by atoms with van der Waals surface area (Å²) in [5, 5.41) is 2.92. The molecule has 1 saturated heterocycles. The van der Waals surface area contributed by atoms with E-state index in [-0.39, 0.29) is 25.2 Å². The lowest BCUT2D eigenvalue weighted by atomic mass is 10.2. The summed E-state index contributed by atoms with van der Waals surface area (Å²) in [6.07, 6.45) is 3.05. The minimum absolute atomic E-state index is 0.115. The third kappa shape index (κ3) is 5.59. The number of pyridine rings is 1. The Morgan fingerprint density at radius 1 is 1.26 bits per heavy atom. The maximum Gasteiger partial charge on any atom is 0.407 e. The fourth-order valence-corrected chi connectivity index (χ4v) is 2.89. The van der Waals surface area contributed by atoms with E-state index in [1.165, 1.54) is 6.20 Å². The van der Waals surface area contributed by atoms with Gasteiger partial charge in [0.15, 0.2) is 0 Å². The number of carbonyl (C=O) groups excluding carboxylic acids is 2. The van der Waals surface area contributed by atoms with Gasteiger partial charge in [-0.25, -0.2) is 4.79 Å². The van der Waals surface area contributed by atoms with Crippen molar-refractivity contribution in [3.63, 3.8) is 0 Å². The average Bonchev–Trinajstić information content (AvgIpc) is 3.16. The van der Waals surface area contributed by atoms with Crippen LogP contribution in [-0.2, 0) is 16.1 Å². The van der Waals surface area contributed by atoms with Gasteiger partial charge in [0.2, 0.25) is 5.91 Å². The molecule has 8 heteroatoms. The Hall–Kier alpha value is -2.80. The zero-order chi connectivity index (χ0) is 19.1. The van der Waals surface area contributed by atoms with Gasteiger partial charge in [0.25, 0.3) is 0 Å². The predicted molar refractivity (Wildman–Crippen MR) is 99.5 cm³/mol. The molecule has 0 aliphatic carbocycles. The molecule has 2 amide bonds. The third-order valence-electron chi connectivity index (χ3n) is 4.12. The van der Waals surface area contributed by atoms with E-state index in [0.717, 1.165) is 5.56 Å². The molecule has 7 nitrogen and oxygen atoms in total. The number of amides is 2. The van der Waals surface area contributed by atoms with Crippen LogP contribution in [-0.4, -0.2) is 47.6 Å². The van der Waals surface area contributed by atoms with Crippen LogP contribution in [0.15, 0.2) is 48.8 Å². The van der Waals surface area contributed by atoms with Crippen LogP contribution < -0.4 is 10.1 Å². The van der Waals surface area contributed by atoms with Crippen LogP contribution in [0.1, 0.15) is 12.0 Å². The van der Waals surface area contributed by atoms with Crippen molar-refractivity contribution < 1.29 is 19.1 Å². The normalized spacial score (nSPS) is 16.0. The van der Waals surface area contributed by atoms with Gasteiger partial charge in [0.05, 0.1) is 6.54 Å². The van der Waals surface area contributed by atoms with Crippen molar-refractivity contribution in [3.05, 3.63) is 59.4 Å². The molecule has 3 rings (SSSR count). The minimum Gasteiger partial charge on any atom is -0.487 e. The fraction of sp³-hybridized carbons (Fsp3) is 0.316. The number of nitrogens with one attached hydrogen (secondary N) is 1. The van der Waals surface area contributed by atoms with Crippen LogP contribution in [0.2, 0.25) is 5.02 Å². The Morgan fingerprint density at radius 3 is 2.85 bits per heavy atom. The van der Waals surface area contributed by atoms with Gasteiger partial charge in [-0.05, 0) is 5.56 Å². The van der Waals surface area contributed by atoms with Gasteiger partial charge in [-0.2, -0.15) is 0 Å². The Kier molecular flexibility index (Phi) is 6.49. The maximum atomic E-state index is 12.3. The van der Waals surface area contributed by atoms with E-state index in [2.05, 4.69) is 10.3 Å². The first-order chi connectivity index (χ1) is 13.1. The van der Waals surface area contributed by atoms with E-state index < -0.39 is 6.09 Å². The average molecular weight is 390 g/mol. The van der Waals surface area contributed by atoms with E-state index in [1.54, 1.807) is 17.2 Å². The highest BCUT2D eigenvalue weighted by Crippen LogP contribution is 2.25. The van der Waals surface area contributed by atoms with Gasteiger partial charge in [0.1, 0.15) is 30.0 Å². The van der Waals surface area contributed by atoms with Crippen molar-refractivity contribution >= 4 is 23.6 Å². The first-order valence-electron chi connectivity index (χ1n) is 8.60. The summed E-state index contributed by atoms with van der Waals surface area (Å²) < 4.78 is 10.9. The molecule has 2 aromatic rings. The first-order valence-corrected chi connectivity index (χ1v) is 8.98. The number of rotatable bonds is 6. The van der Waals surface area contributed by atoms with Crippen molar-refractivity contribution in [2.75, 3.05) is 19.6 Å². The molecular weight excluding hydrogens is 370 g/mol. The number of hydrogen-bond donors (Lipinski definition) is 1. The topological polar surface area (TPSA) is 80.8 Å². The molecule has 1 atom stereocenters. The number of aromatic nitrogens is 1. The number of nitrogens with zero attached hydrogens (tertiary/aromatic N) is 2. The Balaban J connectivity index is 1.38. The van der Waals surface area contributed by atoms with Gasteiger partial charge in [-0.15, -0.1) is 0 Å². The lowest BCUT2D eigenvalue weighted by Gasteiger charge is -2.18. The van der Waals surface area contributed by atoms with Crippen LogP contribution in [0, 0.1) is 0 Å². The predicted octanol–water partition coefficient (Wildman–Crippen LogP) is 2.64. The summed E-state index contributed by atoms with van der Waals surface area (Å²) in [5.74, 6) is 0.368. The van der Waals surface area contributed by atoms with Gasteiger partial charge in [-0.1, -0.05) is 41.9 Å². The van der Waals surface area contributed by atoms with Crippen LogP contribution >= 0.6 is 11.6 Å². The molecule has 2 heterocycles. The summed E-state index contributed by atoms with van der Waals surface area (Å²) in [7, 11) is 0. The Morgan fingerprint density at radius 2 is 2.07 bits per heavy atom. The smallest absolute Gasteiger partial charge is 0.407 e. The van der Waals surface area contributed by atoms with Crippen LogP contribution in [0.3, 0.4) is 0 Å². The monoisotopic (exact) mass is 389 g/mol. The molecule has 0 radical (unpaired) electrons. The van der Waals surface area contributed by atoms with E-state index in [1.807, 2.05) is 30.3 Å². The number of ether oxygens (including phenoxy) is 2. The molecule has 1 aliphatic rings. The summed E-state index contributed by atoms with van der Waals surface area (Å²) in [6.45, 7) is 1.05. The van der Waals surface area contributed by atoms with Gasteiger partial charge in [0, 0.05) is 31.4 Å². The largest absolute Gasteiger partial charge is 0.487 e. The van der Waals surface area contributed by atoms with E-state index >= 15 is 0 Å². The molecule has 1 N–H and O–H groups in total. The first kappa shape index (κ1) is 19.0. The lowest BCUT2D eigenvalue weighted by molar-refractivity contribution is -0.129. The van der Waals surface area contributed by atoms with Crippen LogP contribution in [0.25, 0.3) is 0 Å². The number of benzene rings is 1. The minimum atomic E-state index is -0.622. The summed E-state index contributed by atoms with van der Waals surface area (Å²) in [5.41, 5.74) is 0.883. The summed E-state index contributed by atoms with van der Waals surface area (Å²) in [4.78, 5) is 29.5. The zero-order valence-corrected chi connectivity index (χ0v) is 15.4. The highest BCUT2D eigenvalue weighted by molar-refractivity contribution is 6.31. The van der Waals surface area contributed by atoms with Crippen LogP contribution in [0.5, 0.6) is 5.75 Å². The summed E-state index contributed by atoms with van der Waals surface area (Å²) in [6, 6.07) is 11.0. The quantitative estimate of drug-likeness (QED) is 0.821. The molecule has 1 aromatic heterocycles. The molecule has 1 aromatic carbocycles. The maximum absolute atomic E-state index is 12.3. The van der Waals surface area contributed by atoms with Crippen molar-refractivity contribution in [1.29, 1.82) is 0 Å². The molecule has 1 aliphatic heterocycles. The number of carbonyl (C=O) groups is 2. The van der Waals surface area contributed by atoms with Crippen molar-refractivity contribution in [2.24, 2.45) is 0 Å². The molecule has 0 saturated carbocycles. The Bertz CT molecular complexity index is 788. The molecule has 0 spiro atoms. The second kappa shape index (κ2) is 9.23. The van der Waals surface area contributed by atoms with E-state index in [4.69, 9.17) is 21.1 Å². The second-order valence-corrected chi connectivity index (χ2v) is 6.50. The van der Waals surface area contributed by atoms with Crippen molar-refractivity contribution in [2.45, 2.75) is 19.1 Å². The number of halogens is 1. The van der Waals surface area contributed by atoms with Crippen molar-refractivity contribution in [1.82, 2.24) is 15.2 Å². The van der Waals surface area contributed by atoms with Crippen LogP contribution in [0.4, 0.5) is 4.79 Å². The van der Waals surface area contributed by atoms with E-state index in [9.17, 15) is 9.59 Å². The van der Waals surface area contributed by atoms with Gasteiger partial charge < -0.3 is 19.7 Å². The lowest BCUT2D eigenvalue weighted by Crippen LogP contribution is -2.39. The van der Waals surface area contributed by atoms with Gasteiger partial charge in [-0.3, -0.25) is 9.78 Å². The Labute approximate surface area is 162 Å². The number of hydrogen-bond acceptors (Lipinski definition) is 5. The molecule has 27 heavy (non-hydrogen) atoms. The number of likely N-dealkylation sites (tertiary alicyclic amines) is 1. The molecule has 1 fully saturated rings. The van der Waals surface area contributed by atoms with Crippen molar-refractivity contribution in [3.8, 4) is 5.75 Å². The second-order valence-electron chi connectivity index (χ2n) is 6.09. The molecule has 0 unspecified atom stereocenters. The molecule has 142 valence electrons. The van der Waals surface area contributed by atoms with Gasteiger partial charge >= 0.3 is 6.09 Å². The zero-order valence-electron chi connectivity index (χ0n) is 14.6. The third-order valence-corrected chi connectivity index (χ3v) is 4.41. The highest BCUT2D eigenvalue weighted by atomic mass is 35.5. The molecular formula is C19H20ClN3O4. The van der Waals surface area contributed by atoms with E-state index in [0.29, 0.717) is 30.3 Å². The highest BCUT2D eigenvalue weighted by Gasteiger charge is 2.28. The number of alkyl carbamates (subject to hydrolysis) is 1. The standard InChI is InChI=1S/C19H20ClN3O4/c20-16-10-21-8-6-17(16)27-15-7-9-23(12-15)18(24)11-22-19(25)26-13-14-4-2-1-3-5-14/h1-6,8,10,15H,7,9,11-13H2,(H,22,25)/t15-/m1/s1. The molecule has 0 bridgehead atoms. The summed E-state index contributed by atoms with van der Waals surface area (Å²) >= 11 is 6.03.